The Bertz CT molecular complexity index is 741. The van der Waals surface area contributed by atoms with Crippen LogP contribution in [0.2, 0.25) is 0 Å². The number of nitrogens with zero attached hydrogens (tertiary/aromatic N) is 2. The van der Waals surface area contributed by atoms with Crippen LogP contribution < -0.4 is 5.32 Å². The first-order chi connectivity index (χ1) is 13.1. The summed E-state index contributed by atoms with van der Waals surface area (Å²) in [6.07, 6.45) is 0. The third-order valence-electron chi connectivity index (χ3n) is 5.02. The van der Waals surface area contributed by atoms with Gasteiger partial charge in [-0.15, -0.1) is 0 Å². The van der Waals surface area contributed by atoms with Gasteiger partial charge in [-0.25, -0.2) is 0 Å². The fourth-order valence-corrected chi connectivity index (χ4v) is 3.30. The normalized spacial score (nSPS) is 16.0. The third kappa shape index (κ3) is 5.41. The second kappa shape index (κ2) is 9.33. The van der Waals surface area contributed by atoms with Crippen LogP contribution in [-0.2, 0) is 4.79 Å². The zero-order valence-electron chi connectivity index (χ0n) is 15.8. The molecule has 0 aliphatic carbocycles. The second-order valence-electron chi connectivity index (χ2n) is 7.05. The first-order valence-electron chi connectivity index (χ1n) is 9.52. The lowest BCUT2D eigenvalue weighted by Crippen LogP contribution is -2.51. The smallest absolute Gasteiger partial charge is 0.253 e. The van der Waals surface area contributed by atoms with E-state index in [1.807, 2.05) is 53.4 Å². The summed E-state index contributed by atoms with van der Waals surface area (Å²) < 4.78 is 0. The van der Waals surface area contributed by atoms with Gasteiger partial charge in [0.25, 0.3) is 5.91 Å². The van der Waals surface area contributed by atoms with Crippen molar-refractivity contribution in [1.29, 1.82) is 0 Å². The van der Waals surface area contributed by atoms with E-state index in [0.717, 1.165) is 18.7 Å². The molecule has 5 heteroatoms. The van der Waals surface area contributed by atoms with Gasteiger partial charge < -0.3 is 10.2 Å². The van der Waals surface area contributed by atoms with Crippen molar-refractivity contribution in [1.82, 2.24) is 15.1 Å². The lowest BCUT2D eigenvalue weighted by Gasteiger charge is -2.34. The number of piperazine rings is 1. The maximum Gasteiger partial charge on any atom is 0.253 e. The van der Waals surface area contributed by atoms with Gasteiger partial charge in [0.2, 0.25) is 5.91 Å². The van der Waals surface area contributed by atoms with Gasteiger partial charge in [-0.1, -0.05) is 55.5 Å². The lowest BCUT2D eigenvalue weighted by molar-refractivity contribution is -0.122. The molecule has 3 rings (SSSR count). The minimum Gasteiger partial charge on any atom is -0.354 e. The van der Waals surface area contributed by atoms with Gasteiger partial charge in [-0.2, -0.15) is 0 Å². The van der Waals surface area contributed by atoms with Crippen molar-refractivity contribution in [2.45, 2.75) is 12.8 Å². The predicted octanol–water partition coefficient (Wildman–Crippen LogP) is 2.36. The Kier molecular flexibility index (Phi) is 6.60. The van der Waals surface area contributed by atoms with Crippen LogP contribution >= 0.6 is 0 Å². The molecule has 1 saturated heterocycles. The molecule has 1 unspecified atom stereocenters. The summed E-state index contributed by atoms with van der Waals surface area (Å²) in [7, 11) is 0. The Balaban J connectivity index is 1.40. The van der Waals surface area contributed by atoms with E-state index in [4.69, 9.17) is 0 Å². The highest BCUT2D eigenvalue weighted by atomic mass is 16.2. The van der Waals surface area contributed by atoms with E-state index in [1.54, 1.807) is 0 Å². The molecule has 2 amide bonds. The van der Waals surface area contributed by atoms with Crippen LogP contribution in [0.15, 0.2) is 60.7 Å². The van der Waals surface area contributed by atoms with Crippen LogP contribution in [0, 0.1) is 0 Å². The number of hydrogen-bond donors (Lipinski definition) is 1. The fraction of sp³-hybridized carbons (Fsp3) is 0.364. The zero-order chi connectivity index (χ0) is 19.1. The van der Waals surface area contributed by atoms with Crippen LogP contribution in [0.5, 0.6) is 0 Å². The number of nitrogens with one attached hydrogen (secondary N) is 1. The molecule has 5 nitrogen and oxygen atoms in total. The molecule has 1 N–H and O–H groups in total. The molecule has 0 aromatic heterocycles. The van der Waals surface area contributed by atoms with E-state index in [0.29, 0.717) is 26.2 Å². The largest absolute Gasteiger partial charge is 0.354 e. The summed E-state index contributed by atoms with van der Waals surface area (Å²) in [5.41, 5.74) is 1.95. The van der Waals surface area contributed by atoms with Gasteiger partial charge in [0.05, 0.1) is 6.54 Å². The van der Waals surface area contributed by atoms with Crippen molar-refractivity contribution in [3.05, 3.63) is 71.8 Å². The number of benzene rings is 2. The highest BCUT2D eigenvalue weighted by molar-refractivity contribution is 5.94. The van der Waals surface area contributed by atoms with E-state index in [2.05, 4.69) is 29.3 Å². The molecule has 0 bridgehead atoms. The minimum absolute atomic E-state index is 0.0422. The molecule has 1 aliphatic heterocycles. The molecule has 0 saturated carbocycles. The molecule has 27 heavy (non-hydrogen) atoms. The predicted molar refractivity (Wildman–Crippen MR) is 107 cm³/mol. The molecule has 1 heterocycles. The first kappa shape index (κ1) is 19.1. The molecule has 1 atom stereocenters. The SMILES string of the molecule is CC(CNC(=O)CN1CCN(C(=O)c2ccccc2)CC1)c1ccccc1. The maximum absolute atomic E-state index is 12.5. The Morgan fingerprint density at radius 2 is 1.52 bits per heavy atom. The molecular weight excluding hydrogens is 338 g/mol. The topological polar surface area (TPSA) is 52.7 Å². The zero-order valence-corrected chi connectivity index (χ0v) is 15.8. The summed E-state index contributed by atoms with van der Waals surface area (Å²) in [4.78, 5) is 28.7. The summed E-state index contributed by atoms with van der Waals surface area (Å²) in [5, 5.41) is 3.03. The molecule has 142 valence electrons. The number of carbonyl (C=O) groups excluding carboxylic acids is 2. The standard InChI is InChI=1S/C22H27N3O2/c1-18(19-8-4-2-5-9-19)16-23-21(26)17-24-12-14-25(15-13-24)22(27)20-10-6-3-7-11-20/h2-11,18H,12-17H2,1H3,(H,23,26). The number of amides is 2. The van der Waals surface area contributed by atoms with Crippen LogP contribution in [0.3, 0.4) is 0 Å². The Labute approximate surface area is 161 Å². The average Bonchev–Trinajstić information content (AvgIpc) is 2.73. The molecule has 2 aromatic rings. The Morgan fingerprint density at radius 3 is 2.15 bits per heavy atom. The minimum atomic E-state index is 0.0422. The summed E-state index contributed by atoms with van der Waals surface area (Å²) in [6.45, 7) is 5.89. The van der Waals surface area contributed by atoms with Crippen LogP contribution in [0.25, 0.3) is 0 Å². The Hall–Kier alpha value is -2.66. The van der Waals surface area contributed by atoms with Gasteiger partial charge in [0.15, 0.2) is 0 Å². The molecule has 1 fully saturated rings. The van der Waals surface area contributed by atoms with Gasteiger partial charge in [0.1, 0.15) is 0 Å². The molecule has 0 spiro atoms. The van der Waals surface area contributed by atoms with Crippen LogP contribution in [-0.4, -0.2) is 60.9 Å². The fourth-order valence-electron chi connectivity index (χ4n) is 3.30. The van der Waals surface area contributed by atoms with Crippen LogP contribution in [0.4, 0.5) is 0 Å². The van der Waals surface area contributed by atoms with E-state index in [9.17, 15) is 9.59 Å². The number of rotatable bonds is 6. The summed E-state index contributed by atoms with van der Waals surface area (Å²) in [6, 6.07) is 19.6. The average molecular weight is 365 g/mol. The van der Waals surface area contributed by atoms with Gasteiger partial charge in [0, 0.05) is 38.3 Å². The first-order valence-corrected chi connectivity index (χ1v) is 9.52. The summed E-state index contributed by atoms with van der Waals surface area (Å²) in [5.74, 6) is 0.396. The quantitative estimate of drug-likeness (QED) is 0.855. The van der Waals surface area contributed by atoms with E-state index < -0.39 is 0 Å². The van der Waals surface area contributed by atoms with Crippen molar-refractivity contribution in [3.8, 4) is 0 Å². The monoisotopic (exact) mass is 365 g/mol. The van der Waals surface area contributed by atoms with Gasteiger partial charge >= 0.3 is 0 Å². The summed E-state index contributed by atoms with van der Waals surface area (Å²) >= 11 is 0. The third-order valence-corrected chi connectivity index (χ3v) is 5.02. The van der Waals surface area contributed by atoms with Crippen molar-refractivity contribution >= 4 is 11.8 Å². The maximum atomic E-state index is 12.5. The van der Waals surface area contributed by atoms with Crippen LogP contribution in [0.1, 0.15) is 28.8 Å². The molecule has 1 aliphatic rings. The molecule has 0 radical (unpaired) electrons. The van der Waals surface area contributed by atoms with E-state index in [1.165, 1.54) is 5.56 Å². The van der Waals surface area contributed by atoms with Crippen molar-refractivity contribution in [2.75, 3.05) is 39.3 Å². The van der Waals surface area contributed by atoms with E-state index >= 15 is 0 Å². The Morgan fingerprint density at radius 1 is 0.926 bits per heavy atom. The van der Waals surface area contributed by atoms with Crippen molar-refractivity contribution in [3.63, 3.8) is 0 Å². The number of carbonyl (C=O) groups is 2. The molecular formula is C22H27N3O2. The number of hydrogen-bond acceptors (Lipinski definition) is 3. The van der Waals surface area contributed by atoms with Crippen molar-refractivity contribution in [2.24, 2.45) is 0 Å². The van der Waals surface area contributed by atoms with Crippen molar-refractivity contribution < 1.29 is 9.59 Å². The van der Waals surface area contributed by atoms with E-state index in [-0.39, 0.29) is 17.7 Å². The highest BCUT2D eigenvalue weighted by Gasteiger charge is 2.23. The highest BCUT2D eigenvalue weighted by Crippen LogP contribution is 2.13. The van der Waals surface area contributed by atoms with Gasteiger partial charge in [-0.05, 0) is 23.6 Å². The second-order valence-corrected chi connectivity index (χ2v) is 7.05. The molecule has 2 aromatic carbocycles. The lowest BCUT2D eigenvalue weighted by atomic mass is 10.0. The van der Waals surface area contributed by atoms with Gasteiger partial charge in [-0.3, -0.25) is 14.5 Å².